The first-order valence-corrected chi connectivity index (χ1v) is 8.08. The fraction of sp³-hybridized carbons (Fsp3) is 0.875. The number of carboxylic acids is 1. The van der Waals surface area contributed by atoms with Crippen LogP contribution in [0.2, 0.25) is 0 Å². The van der Waals surface area contributed by atoms with Crippen LogP contribution < -0.4 is 0 Å². The third-order valence-corrected chi connectivity index (χ3v) is 4.85. The maximum atomic E-state index is 12.7. The Morgan fingerprint density at radius 1 is 1.10 bits per heavy atom. The molecule has 1 N–H and O–H groups in total. The minimum absolute atomic E-state index is 0.0992. The number of hydrogen-bond donors (Lipinski definition) is 1. The van der Waals surface area contributed by atoms with Crippen molar-refractivity contribution in [2.45, 2.75) is 52.4 Å². The smallest absolute Gasteiger partial charge is 0.307 e. The molecule has 0 aliphatic heterocycles. The van der Waals surface area contributed by atoms with E-state index >= 15 is 0 Å². The van der Waals surface area contributed by atoms with Crippen molar-refractivity contribution in [3.63, 3.8) is 0 Å². The summed E-state index contributed by atoms with van der Waals surface area (Å²) in [4.78, 5) is 26.1. The number of carbonyl (C=O) groups excluding carboxylic acids is 1. The molecule has 0 aromatic heterocycles. The summed E-state index contributed by atoms with van der Waals surface area (Å²) in [6.45, 7) is 5.77. The van der Waals surface area contributed by atoms with Crippen LogP contribution in [0.25, 0.3) is 0 Å². The van der Waals surface area contributed by atoms with Crippen molar-refractivity contribution in [3.8, 4) is 0 Å². The Balaban J connectivity index is 2.04. The van der Waals surface area contributed by atoms with Crippen molar-refractivity contribution in [2.75, 3.05) is 13.1 Å². The van der Waals surface area contributed by atoms with Gasteiger partial charge in [-0.1, -0.05) is 20.3 Å². The third kappa shape index (κ3) is 3.53. The summed E-state index contributed by atoms with van der Waals surface area (Å²) in [7, 11) is 0. The van der Waals surface area contributed by atoms with Crippen LogP contribution in [0.1, 0.15) is 52.4 Å². The highest BCUT2D eigenvalue weighted by molar-refractivity contribution is 5.85. The van der Waals surface area contributed by atoms with Crippen molar-refractivity contribution < 1.29 is 14.7 Å². The maximum absolute atomic E-state index is 12.7. The molecule has 1 unspecified atom stereocenters. The average Bonchev–Trinajstić information content (AvgIpc) is 3.12. The monoisotopic (exact) mass is 281 g/mol. The zero-order chi connectivity index (χ0) is 14.7. The number of carbonyl (C=O) groups is 2. The Morgan fingerprint density at radius 2 is 1.75 bits per heavy atom. The predicted molar refractivity (Wildman–Crippen MR) is 77.2 cm³/mol. The summed E-state index contributed by atoms with van der Waals surface area (Å²) in [5, 5.41) is 9.38. The Labute approximate surface area is 121 Å². The van der Waals surface area contributed by atoms with Gasteiger partial charge in [0.1, 0.15) is 0 Å². The summed E-state index contributed by atoms with van der Waals surface area (Å²) in [5.41, 5.74) is 0. The Morgan fingerprint density at radius 3 is 2.25 bits per heavy atom. The third-order valence-electron chi connectivity index (χ3n) is 4.85. The lowest BCUT2D eigenvalue weighted by Gasteiger charge is -2.27. The Bertz CT molecular complexity index is 365. The molecule has 4 nitrogen and oxygen atoms in total. The molecule has 0 bridgehead atoms. The lowest BCUT2D eigenvalue weighted by atomic mass is 9.94. The second-order valence-corrected chi connectivity index (χ2v) is 6.52. The quantitative estimate of drug-likeness (QED) is 0.780. The molecule has 0 heterocycles. The molecule has 2 rings (SSSR count). The normalized spacial score (nSPS) is 29.4. The van der Waals surface area contributed by atoms with E-state index in [0.717, 1.165) is 32.4 Å². The van der Waals surface area contributed by atoms with Gasteiger partial charge < -0.3 is 10.0 Å². The molecule has 2 fully saturated rings. The summed E-state index contributed by atoms with van der Waals surface area (Å²) in [6, 6.07) is 0. The fourth-order valence-electron chi connectivity index (χ4n) is 3.43. The molecule has 114 valence electrons. The van der Waals surface area contributed by atoms with E-state index in [1.165, 1.54) is 12.8 Å². The molecule has 0 saturated heterocycles. The van der Waals surface area contributed by atoms with Gasteiger partial charge in [0.25, 0.3) is 0 Å². The van der Waals surface area contributed by atoms with Gasteiger partial charge in [-0.3, -0.25) is 9.59 Å². The summed E-state index contributed by atoms with van der Waals surface area (Å²) >= 11 is 0. The summed E-state index contributed by atoms with van der Waals surface area (Å²) < 4.78 is 0. The summed E-state index contributed by atoms with van der Waals surface area (Å²) in [5.74, 6) is -0.385. The van der Waals surface area contributed by atoms with Gasteiger partial charge >= 0.3 is 5.97 Å². The minimum Gasteiger partial charge on any atom is -0.481 e. The van der Waals surface area contributed by atoms with E-state index in [1.807, 2.05) is 4.90 Å². The zero-order valence-electron chi connectivity index (χ0n) is 12.7. The number of hydrogen-bond acceptors (Lipinski definition) is 2. The number of amides is 1. The Kier molecular flexibility index (Phi) is 5.06. The van der Waals surface area contributed by atoms with Crippen molar-refractivity contribution in [2.24, 2.45) is 23.7 Å². The van der Waals surface area contributed by atoms with Gasteiger partial charge in [0.05, 0.1) is 11.8 Å². The van der Waals surface area contributed by atoms with Crippen LogP contribution in [0.15, 0.2) is 0 Å². The molecule has 0 spiro atoms. The highest BCUT2D eigenvalue weighted by Crippen LogP contribution is 2.40. The predicted octanol–water partition coefficient (Wildman–Crippen LogP) is 2.77. The van der Waals surface area contributed by atoms with Crippen LogP contribution in [-0.4, -0.2) is 35.0 Å². The van der Waals surface area contributed by atoms with E-state index in [2.05, 4.69) is 13.8 Å². The zero-order valence-corrected chi connectivity index (χ0v) is 12.7. The van der Waals surface area contributed by atoms with Gasteiger partial charge in [-0.15, -0.1) is 0 Å². The van der Waals surface area contributed by atoms with Crippen LogP contribution in [0.3, 0.4) is 0 Å². The number of carboxylic acid groups (broad SMARTS) is 1. The van der Waals surface area contributed by atoms with Crippen LogP contribution >= 0.6 is 0 Å². The van der Waals surface area contributed by atoms with Gasteiger partial charge in [-0.2, -0.15) is 0 Å². The van der Waals surface area contributed by atoms with E-state index in [0.29, 0.717) is 18.3 Å². The van der Waals surface area contributed by atoms with Gasteiger partial charge in [0.2, 0.25) is 5.91 Å². The van der Waals surface area contributed by atoms with Crippen molar-refractivity contribution in [1.82, 2.24) is 4.90 Å². The van der Waals surface area contributed by atoms with E-state index in [1.54, 1.807) is 0 Å². The Hall–Kier alpha value is -1.06. The molecule has 20 heavy (non-hydrogen) atoms. The molecule has 2 aliphatic rings. The molecule has 2 aliphatic carbocycles. The van der Waals surface area contributed by atoms with Gasteiger partial charge in [0, 0.05) is 13.1 Å². The van der Waals surface area contributed by atoms with Crippen molar-refractivity contribution in [1.29, 1.82) is 0 Å². The second kappa shape index (κ2) is 6.59. The van der Waals surface area contributed by atoms with E-state index in [-0.39, 0.29) is 11.8 Å². The molecule has 4 heteroatoms. The molecule has 1 amide bonds. The number of nitrogens with zero attached hydrogens (tertiary/aromatic N) is 1. The molecular formula is C16H27NO3. The highest BCUT2D eigenvalue weighted by Gasteiger charge is 2.44. The van der Waals surface area contributed by atoms with Crippen molar-refractivity contribution in [3.05, 3.63) is 0 Å². The SMILES string of the molecule is CCCN(CC1CC1)C(=O)[C@H]1CC(CC)C[C@H]1C(=O)O. The van der Waals surface area contributed by atoms with Gasteiger partial charge in [0.15, 0.2) is 0 Å². The van der Waals surface area contributed by atoms with E-state index in [9.17, 15) is 14.7 Å². The molecule has 0 aromatic carbocycles. The number of aliphatic carboxylic acids is 1. The lowest BCUT2D eigenvalue weighted by molar-refractivity contribution is -0.149. The van der Waals surface area contributed by atoms with Gasteiger partial charge in [-0.05, 0) is 43.9 Å². The van der Waals surface area contributed by atoms with Crippen LogP contribution in [-0.2, 0) is 9.59 Å². The fourth-order valence-corrected chi connectivity index (χ4v) is 3.43. The minimum atomic E-state index is -0.790. The highest BCUT2D eigenvalue weighted by atomic mass is 16.4. The van der Waals surface area contributed by atoms with E-state index in [4.69, 9.17) is 0 Å². The average molecular weight is 281 g/mol. The molecular weight excluding hydrogens is 254 g/mol. The van der Waals surface area contributed by atoms with Crippen LogP contribution in [0.4, 0.5) is 0 Å². The topological polar surface area (TPSA) is 57.6 Å². The first-order chi connectivity index (χ1) is 9.56. The second-order valence-electron chi connectivity index (χ2n) is 6.52. The standard InChI is InChI=1S/C16H27NO3/c1-3-7-17(10-12-5-6-12)15(18)13-8-11(4-2)9-14(13)16(19)20/h11-14H,3-10H2,1-2H3,(H,19,20)/t11?,13-,14+/m0/s1. The van der Waals surface area contributed by atoms with Crippen LogP contribution in [0, 0.1) is 23.7 Å². The van der Waals surface area contributed by atoms with Gasteiger partial charge in [-0.25, -0.2) is 0 Å². The number of rotatable bonds is 7. The first-order valence-electron chi connectivity index (χ1n) is 8.08. The van der Waals surface area contributed by atoms with Crippen LogP contribution in [0.5, 0.6) is 0 Å². The molecule has 0 aromatic rings. The first kappa shape index (κ1) is 15.3. The maximum Gasteiger partial charge on any atom is 0.307 e. The molecule has 2 saturated carbocycles. The lowest BCUT2D eigenvalue weighted by Crippen LogP contribution is -2.40. The van der Waals surface area contributed by atoms with Crippen molar-refractivity contribution >= 4 is 11.9 Å². The largest absolute Gasteiger partial charge is 0.481 e. The van der Waals surface area contributed by atoms with E-state index < -0.39 is 11.9 Å². The molecule has 3 atom stereocenters. The molecule has 0 radical (unpaired) electrons. The summed E-state index contributed by atoms with van der Waals surface area (Å²) in [6.07, 6.45) is 5.79.